The summed E-state index contributed by atoms with van der Waals surface area (Å²) in [5, 5.41) is 13.7. The molecule has 0 radical (unpaired) electrons. The molecule has 0 unspecified atom stereocenters. The van der Waals surface area contributed by atoms with E-state index >= 15 is 0 Å². The van der Waals surface area contributed by atoms with Crippen molar-refractivity contribution in [2.45, 2.75) is 97.8 Å². The molecule has 0 saturated heterocycles. The molecule has 1 N–H and O–H groups in total. The lowest BCUT2D eigenvalue weighted by molar-refractivity contribution is 0.0230. The third-order valence-electron chi connectivity index (χ3n) is 6.98. The summed E-state index contributed by atoms with van der Waals surface area (Å²) in [4.78, 5) is 29.8. The number of hydrogen-bond acceptors (Lipinski definition) is 5. The fourth-order valence-corrected chi connectivity index (χ4v) is 5.02. The summed E-state index contributed by atoms with van der Waals surface area (Å²) in [5.74, 6) is 0. The molecule has 0 fully saturated rings. The van der Waals surface area contributed by atoms with Gasteiger partial charge in [-0.1, -0.05) is 48.5 Å². The Kier molecular flexibility index (Phi) is 12.0. The van der Waals surface area contributed by atoms with Gasteiger partial charge < -0.3 is 24.4 Å². The second kappa shape index (κ2) is 15.2. The SMILES string of the molecule is CC(C)(C)OC(=O)N(CCCCCO)CCCCCN(Cc1c2ccccc2cc2ccccc12)C(=O)OC(C)(C)C. The van der Waals surface area contributed by atoms with Gasteiger partial charge in [-0.25, -0.2) is 9.59 Å². The van der Waals surface area contributed by atoms with Crippen molar-refractivity contribution >= 4 is 33.7 Å². The largest absolute Gasteiger partial charge is 0.444 e. The minimum atomic E-state index is -0.597. The Morgan fingerprint density at radius 2 is 1.07 bits per heavy atom. The first-order chi connectivity index (χ1) is 19.9. The van der Waals surface area contributed by atoms with Crippen molar-refractivity contribution < 1.29 is 24.2 Å². The molecular weight excluding hydrogens is 528 g/mol. The molecule has 0 aliphatic heterocycles. The van der Waals surface area contributed by atoms with Crippen molar-refractivity contribution in [1.82, 2.24) is 9.80 Å². The van der Waals surface area contributed by atoms with Crippen LogP contribution in [0.4, 0.5) is 9.59 Å². The number of fused-ring (bicyclic) bond motifs is 2. The van der Waals surface area contributed by atoms with Crippen molar-refractivity contribution in [2.24, 2.45) is 0 Å². The van der Waals surface area contributed by atoms with Crippen molar-refractivity contribution in [3.05, 3.63) is 60.2 Å². The van der Waals surface area contributed by atoms with Crippen LogP contribution < -0.4 is 0 Å². The summed E-state index contributed by atoms with van der Waals surface area (Å²) in [7, 11) is 0. The number of aliphatic hydroxyl groups excluding tert-OH is 1. The van der Waals surface area contributed by atoms with E-state index in [4.69, 9.17) is 14.6 Å². The number of nitrogens with zero attached hydrogens (tertiary/aromatic N) is 2. The molecule has 2 amide bonds. The summed E-state index contributed by atoms with van der Waals surface area (Å²) in [5.41, 5.74) is -0.0335. The van der Waals surface area contributed by atoms with E-state index in [-0.39, 0.29) is 18.8 Å². The van der Waals surface area contributed by atoms with E-state index in [9.17, 15) is 9.59 Å². The van der Waals surface area contributed by atoms with Gasteiger partial charge in [0.2, 0.25) is 0 Å². The molecule has 0 saturated carbocycles. The van der Waals surface area contributed by atoms with Crippen LogP contribution in [0.5, 0.6) is 0 Å². The Morgan fingerprint density at radius 3 is 1.55 bits per heavy atom. The maximum Gasteiger partial charge on any atom is 0.410 e. The molecule has 0 spiro atoms. The van der Waals surface area contributed by atoms with E-state index < -0.39 is 11.2 Å². The molecule has 230 valence electrons. The molecule has 7 nitrogen and oxygen atoms in total. The van der Waals surface area contributed by atoms with Crippen LogP contribution in [0.15, 0.2) is 54.6 Å². The number of rotatable bonds is 13. The maximum absolute atomic E-state index is 13.4. The van der Waals surface area contributed by atoms with Gasteiger partial charge in [0.05, 0.1) is 6.54 Å². The Bertz CT molecular complexity index is 1250. The van der Waals surface area contributed by atoms with Gasteiger partial charge in [-0.15, -0.1) is 0 Å². The molecule has 0 atom stereocenters. The van der Waals surface area contributed by atoms with Gasteiger partial charge in [-0.05, 0) is 113 Å². The predicted molar refractivity (Wildman–Crippen MR) is 171 cm³/mol. The fourth-order valence-electron chi connectivity index (χ4n) is 5.02. The number of carbonyl (C=O) groups is 2. The number of unbranched alkanes of at least 4 members (excludes halogenated alkanes) is 4. The lowest BCUT2D eigenvalue weighted by Gasteiger charge is -2.29. The molecule has 3 rings (SSSR count). The fraction of sp³-hybridized carbons (Fsp3) is 0.543. The smallest absolute Gasteiger partial charge is 0.410 e. The predicted octanol–water partition coefficient (Wildman–Crippen LogP) is 8.30. The van der Waals surface area contributed by atoms with Gasteiger partial charge in [0, 0.05) is 26.2 Å². The first kappa shape index (κ1) is 33.2. The van der Waals surface area contributed by atoms with Gasteiger partial charge >= 0.3 is 12.2 Å². The van der Waals surface area contributed by atoms with Gasteiger partial charge in [0.15, 0.2) is 0 Å². The van der Waals surface area contributed by atoms with Crippen LogP contribution in [0, 0.1) is 0 Å². The van der Waals surface area contributed by atoms with E-state index in [0.717, 1.165) is 65.6 Å². The first-order valence-corrected chi connectivity index (χ1v) is 15.3. The average Bonchev–Trinajstić information content (AvgIpc) is 2.90. The molecule has 0 heterocycles. The standard InChI is InChI=1S/C35H50N2O5/c1-34(2,3)41-32(39)36(22-15-8-16-24-38)21-13-7-14-23-37(33(40)42-35(4,5)6)26-31-29-19-11-9-17-27(29)25-28-18-10-12-20-30(28)31/h9-12,17-20,25,38H,7-8,13-16,21-24,26H2,1-6H3. The highest BCUT2D eigenvalue weighted by molar-refractivity contribution is 6.02. The lowest BCUT2D eigenvalue weighted by atomic mass is 9.96. The highest BCUT2D eigenvalue weighted by Gasteiger charge is 2.24. The van der Waals surface area contributed by atoms with E-state index in [1.165, 1.54) is 0 Å². The average molecular weight is 579 g/mol. The van der Waals surface area contributed by atoms with Crippen molar-refractivity contribution in [3.8, 4) is 0 Å². The van der Waals surface area contributed by atoms with Crippen molar-refractivity contribution in [1.29, 1.82) is 0 Å². The van der Waals surface area contributed by atoms with E-state index in [2.05, 4.69) is 30.3 Å². The number of amides is 2. The summed E-state index contributed by atoms with van der Waals surface area (Å²) in [6, 6.07) is 18.8. The summed E-state index contributed by atoms with van der Waals surface area (Å²) in [6.07, 6.45) is 4.24. The molecule has 0 aliphatic carbocycles. The second-order valence-corrected chi connectivity index (χ2v) is 13.0. The van der Waals surface area contributed by atoms with Gasteiger partial charge in [-0.3, -0.25) is 0 Å². The Hall–Kier alpha value is -3.32. The number of carbonyl (C=O) groups excluding carboxylic acids is 2. The van der Waals surface area contributed by atoms with Crippen LogP contribution in [-0.2, 0) is 16.0 Å². The highest BCUT2D eigenvalue weighted by atomic mass is 16.6. The molecule has 0 bridgehead atoms. The molecule has 3 aromatic rings. The number of aliphatic hydroxyl groups is 1. The Labute approximate surface area is 251 Å². The minimum Gasteiger partial charge on any atom is -0.444 e. The summed E-state index contributed by atoms with van der Waals surface area (Å²) < 4.78 is 11.5. The quantitative estimate of drug-likeness (QED) is 0.163. The highest BCUT2D eigenvalue weighted by Crippen LogP contribution is 2.30. The third-order valence-corrected chi connectivity index (χ3v) is 6.98. The molecule has 0 aromatic heterocycles. The first-order valence-electron chi connectivity index (χ1n) is 15.3. The lowest BCUT2D eigenvalue weighted by Crippen LogP contribution is -2.38. The van der Waals surface area contributed by atoms with Gasteiger partial charge in [0.25, 0.3) is 0 Å². The molecule has 42 heavy (non-hydrogen) atoms. The normalized spacial score (nSPS) is 12.0. The zero-order valence-electron chi connectivity index (χ0n) is 26.4. The maximum atomic E-state index is 13.4. The van der Waals surface area contributed by atoms with E-state index in [1.807, 2.05) is 70.7 Å². The molecule has 7 heteroatoms. The topological polar surface area (TPSA) is 79.3 Å². The van der Waals surface area contributed by atoms with E-state index in [1.54, 1.807) is 4.90 Å². The van der Waals surface area contributed by atoms with Crippen LogP contribution in [-0.4, -0.2) is 64.5 Å². The molecule has 0 aliphatic rings. The van der Waals surface area contributed by atoms with Gasteiger partial charge in [0.1, 0.15) is 11.2 Å². The number of hydrogen-bond donors (Lipinski definition) is 1. The van der Waals surface area contributed by atoms with Crippen LogP contribution in [0.25, 0.3) is 21.5 Å². The van der Waals surface area contributed by atoms with Crippen molar-refractivity contribution in [2.75, 3.05) is 26.2 Å². The van der Waals surface area contributed by atoms with Crippen LogP contribution >= 0.6 is 0 Å². The van der Waals surface area contributed by atoms with Crippen LogP contribution in [0.3, 0.4) is 0 Å². The van der Waals surface area contributed by atoms with Crippen LogP contribution in [0.1, 0.15) is 85.6 Å². The minimum absolute atomic E-state index is 0.162. The third kappa shape index (κ3) is 10.5. The monoisotopic (exact) mass is 578 g/mol. The zero-order chi connectivity index (χ0) is 30.8. The zero-order valence-corrected chi connectivity index (χ0v) is 26.4. The second-order valence-electron chi connectivity index (χ2n) is 13.0. The van der Waals surface area contributed by atoms with Crippen LogP contribution in [0.2, 0.25) is 0 Å². The number of benzene rings is 3. The van der Waals surface area contributed by atoms with Crippen molar-refractivity contribution in [3.63, 3.8) is 0 Å². The van der Waals surface area contributed by atoms with Gasteiger partial charge in [-0.2, -0.15) is 0 Å². The Morgan fingerprint density at radius 1 is 0.643 bits per heavy atom. The van der Waals surface area contributed by atoms with E-state index in [0.29, 0.717) is 26.2 Å². The molecular formula is C35H50N2O5. The molecule has 3 aromatic carbocycles. The Balaban J connectivity index is 1.71. The summed E-state index contributed by atoms with van der Waals surface area (Å²) in [6.45, 7) is 13.7. The summed E-state index contributed by atoms with van der Waals surface area (Å²) >= 11 is 0. The number of ether oxygens (including phenoxy) is 2.